The summed E-state index contributed by atoms with van der Waals surface area (Å²) < 4.78 is 5.73. The van der Waals surface area contributed by atoms with Crippen molar-refractivity contribution < 1.29 is 9.52 Å². The van der Waals surface area contributed by atoms with Gasteiger partial charge in [-0.05, 0) is 48.2 Å². The van der Waals surface area contributed by atoms with Crippen LogP contribution in [0.4, 0.5) is 0 Å². The summed E-state index contributed by atoms with van der Waals surface area (Å²) in [7, 11) is 0. The Morgan fingerprint density at radius 2 is 1.96 bits per heavy atom. The number of nitriles is 1. The molecule has 0 spiro atoms. The van der Waals surface area contributed by atoms with E-state index in [0.29, 0.717) is 23.9 Å². The number of benzene rings is 2. The number of fused-ring (bicyclic) bond motifs is 1. The lowest BCUT2D eigenvalue weighted by molar-refractivity contribution is 0.155. The fraction of sp³-hybridized carbons (Fsp3) is 0.250. The van der Waals surface area contributed by atoms with Crippen LogP contribution in [0.25, 0.3) is 11.5 Å². The maximum atomic E-state index is 10.0. The second-order valence-electron chi connectivity index (χ2n) is 6.44. The van der Waals surface area contributed by atoms with Crippen molar-refractivity contribution >= 4 is 0 Å². The van der Waals surface area contributed by atoms with Gasteiger partial charge in [-0.25, -0.2) is 0 Å². The minimum Gasteiger partial charge on any atom is -0.419 e. The van der Waals surface area contributed by atoms with E-state index in [1.807, 2.05) is 12.1 Å². The molecule has 1 aliphatic rings. The SMILES string of the molecule is N#Cc1ccc(-c2nnc(CNC3(CO)CCc4ccccc43)o2)cc1. The molecule has 3 aromatic rings. The van der Waals surface area contributed by atoms with E-state index in [2.05, 4.69) is 33.7 Å². The normalized spacial score (nSPS) is 18.5. The molecule has 130 valence electrons. The molecule has 0 saturated carbocycles. The third-order valence-corrected chi connectivity index (χ3v) is 4.93. The van der Waals surface area contributed by atoms with E-state index in [4.69, 9.17) is 9.68 Å². The van der Waals surface area contributed by atoms with Crippen molar-refractivity contribution in [3.05, 3.63) is 71.1 Å². The van der Waals surface area contributed by atoms with E-state index < -0.39 is 5.54 Å². The van der Waals surface area contributed by atoms with Crippen LogP contribution in [0.1, 0.15) is 29.0 Å². The van der Waals surface area contributed by atoms with Gasteiger partial charge in [0.2, 0.25) is 11.8 Å². The number of aliphatic hydroxyl groups is 1. The lowest BCUT2D eigenvalue weighted by Crippen LogP contribution is -2.43. The van der Waals surface area contributed by atoms with Gasteiger partial charge in [0.25, 0.3) is 0 Å². The van der Waals surface area contributed by atoms with E-state index in [1.165, 1.54) is 5.56 Å². The molecule has 0 radical (unpaired) electrons. The van der Waals surface area contributed by atoms with Crippen molar-refractivity contribution in [1.29, 1.82) is 5.26 Å². The van der Waals surface area contributed by atoms with Gasteiger partial charge in [0.1, 0.15) is 0 Å². The van der Waals surface area contributed by atoms with Gasteiger partial charge in [0.15, 0.2) is 0 Å². The highest BCUT2D eigenvalue weighted by Crippen LogP contribution is 2.36. The van der Waals surface area contributed by atoms with Gasteiger partial charge in [-0.3, -0.25) is 5.32 Å². The molecule has 2 N–H and O–H groups in total. The Hall–Kier alpha value is -3.01. The van der Waals surface area contributed by atoms with Gasteiger partial charge in [0, 0.05) is 5.56 Å². The first kappa shape index (κ1) is 16.5. The number of rotatable bonds is 5. The minimum atomic E-state index is -0.473. The Morgan fingerprint density at radius 3 is 2.73 bits per heavy atom. The molecule has 1 heterocycles. The first-order valence-electron chi connectivity index (χ1n) is 8.51. The molecule has 0 saturated heterocycles. The van der Waals surface area contributed by atoms with Crippen LogP contribution >= 0.6 is 0 Å². The molecule has 1 atom stereocenters. The highest BCUT2D eigenvalue weighted by Gasteiger charge is 2.37. The van der Waals surface area contributed by atoms with Crippen LogP contribution in [-0.4, -0.2) is 21.9 Å². The van der Waals surface area contributed by atoms with Crippen LogP contribution < -0.4 is 5.32 Å². The summed E-state index contributed by atoms with van der Waals surface area (Å²) in [6.45, 7) is 0.388. The van der Waals surface area contributed by atoms with Crippen molar-refractivity contribution in [1.82, 2.24) is 15.5 Å². The van der Waals surface area contributed by atoms with Crippen LogP contribution in [0.3, 0.4) is 0 Å². The van der Waals surface area contributed by atoms with Gasteiger partial charge >= 0.3 is 0 Å². The Morgan fingerprint density at radius 1 is 1.15 bits per heavy atom. The number of nitrogens with zero attached hydrogens (tertiary/aromatic N) is 3. The standard InChI is InChI=1S/C20H18N4O2/c21-11-14-5-7-16(8-6-14)19-24-23-18(26-19)12-22-20(13-25)10-9-15-3-1-2-4-17(15)20/h1-8,22,25H,9-10,12-13H2. The summed E-state index contributed by atoms with van der Waals surface area (Å²) >= 11 is 0. The molecule has 1 aromatic heterocycles. The Labute approximate surface area is 151 Å². The predicted molar refractivity (Wildman–Crippen MR) is 94.8 cm³/mol. The van der Waals surface area contributed by atoms with Crippen molar-refractivity contribution in [3.8, 4) is 17.5 Å². The molecule has 2 aromatic carbocycles. The van der Waals surface area contributed by atoms with Crippen LogP contribution in [0.5, 0.6) is 0 Å². The number of nitrogens with one attached hydrogen (secondary N) is 1. The molecular formula is C20H18N4O2. The zero-order valence-electron chi connectivity index (χ0n) is 14.1. The number of aryl methyl sites for hydroxylation is 1. The largest absolute Gasteiger partial charge is 0.419 e. The molecule has 1 aliphatic carbocycles. The summed E-state index contributed by atoms with van der Waals surface area (Å²) in [5.41, 5.74) is 3.28. The number of hydrogen-bond acceptors (Lipinski definition) is 6. The van der Waals surface area contributed by atoms with E-state index in [1.54, 1.807) is 24.3 Å². The second-order valence-corrected chi connectivity index (χ2v) is 6.44. The molecule has 6 nitrogen and oxygen atoms in total. The maximum absolute atomic E-state index is 10.0. The number of aliphatic hydroxyl groups excluding tert-OH is 1. The zero-order chi connectivity index (χ0) is 18.0. The first-order chi connectivity index (χ1) is 12.7. The number of aromatic nitrogens is 2. The second kappa shape index (κ2) is 6.71. The fourth-order valence-corrected chi connectivity index (χ4v) is 3.47. The summed E-state index contributed by atoms with van der Waals surface area (Å²) in [6, 6.07) is 17.3. The average molecular weight is 346 g/mol. The van der Waals surface area contributed by atoms with Gasteiger partial charge in [-0.2, -0.15) is 5.26 Å². The molecule has 0 aliphatic heterocycles. The maximum Gasteiger partial charge on any atom is 0.247 e. The Balaban J connectivity index is 1.50. The highest BCUT2D eigenvalue weighted by molar-refractivity contribution is 5.54. The highest BCUT2D eigenvalue weighted by atomic mass is 16.4. The Bertz CT molecular complexity index is 958. The minimum absolute atomic E-state index is 0.0145. The zero-order valence-corrected chi connectivity index (χ0v) is 14.1. The summed E-state index contributed by atoms with van der Waals surface area (Å²) in [5, 5.41) is 30.5. The molecule has 4 rings (SSSR count). The smallest absolute Gasteiger partial charge is 0.247 e. The van der Waals surface area contributed by atoms with E-state index in [0.717, 1.165) is 24.0 Å². The van der Waals surface area contributed by atoms with Gasteiger partial charge < -0.3 is 9.52 Å². The van der Waals surface area contributed by atoms with E-state index in [9.17, 15) is 5.11 Å². The Kier molecular flexibility index (Phi) is 4.25. The van der Waals surface area contributed by atoms with Crippen LogP contribution in [0.15, 0.2) is 52.9 Å². The monoisotopic (exact) mass is 346 g/mol. The van der Waals surface area contributed by atoms with Gasteiger partial charge in [-0.1, -0.05) is 24.3 Å². The predicted octanol–water partition coefficient (Wildman–Crippen LogP) is 2.53. The van der Waals surface area contributed by atoms with Gasteiger partial charge in [-0.15, -0.1) is 10.2 Å². The molecule has 0 amide bonds. The average Bonchev–Trinajstić information content (AvgIpc) is 3.32. The summed E-state index contributed by atoms with van der Waals surface area (Å²) in [4.78, 5) is 0. The molecule has 6 heteroatoms. The quantitative estimate of drug-likeness (QED) is 0.737. The third kappa shape index (κ3) is 2.88. The lowest BCUT2D eigenvalue weighted by atomic mass is 9.92. The lowest BCUT2D eigenvalue weighted by Gasteiger charge is -2.29. The van der Waals surface area contributed by atoms with Gasteiger partial charge in [0.05, 0.1) is 30.3 Å². The fourth-order valence-electron chi connectivity index (χ4n) is 3.47. The third-order valence-electron chi connectivity index (χ3n) is 4.93. The van der Waals surface area contributed by atoms with Crippen LogP contribution in [0.2, 0.25) is 0 Å². The number of hydrogen-bond donors (Lipinski definition) is 2. The topological polar surface area (TPSA) is 95.0 Å². The summed E-state index contributed by atoms with van der Waals surface area (Å²) in [5.74, 6) is 0.873. The molecule has 1 unspecified atom stereocenters. The molecule has 0 bridgehead atoms. The van der Waals surface area contributed by atoms with Crippen molar-refractivity contribution in [3.63, 3.8) is 0 Å². The van der Waals surface area contributed by atoms with Crippen molar-refractivity contribution in [2.24, 2.45) is 0 Å². The van der Waals surface area contributed by atoms with E-state index >= 15 is 0 Å². The van der Waals surface area contributed by atoms with Crippen LogP contribution in [0, 0.1) is 11.3 Å². The van der Waals surface area contributed by atoms with E-state index in [-0.39, 0.29) is 6.61 Å². The molecule has 26 heavy (non-hydrogen) atoms. The van der Waals surface area contributed by atoms with Crippen molar-refractivity contribution in [2.45, 2.75) is 24.9 Å². The molecule has 0 fully saturated rings. The first-order valence-corrected chi connectivity index (χ1v) is 8.51. The van der Waals surface area contributed by atoms with Crippen LogP contribution in [-0.2, 0) is 18.5 Å². The van der Waals surface area contributed by atoms with Crippen molar-refractivity contribution in [2.75, 3.05) is 6.61 Å². The summed E-state index contributed by atoms with van der Waals surface area (Å²) in [6.07, 6.45) is 1.77. The molecular weight excluding hydrogens is 328 g/mol.